The lowest BCUT2D eigenvalue weighted by Crippen LogP contribution is -2.41. The first kappa shape index (κ1) is 16.0. The van der Waals surface area contributed by atoms with Crippen molar-refractivity contribution in [3.63, 3.8) is 0 Å². The smallest absolute Gasteiger partial charge is 0.332 e. The van der Waals surface area contributed by atoms with Crippen molar-refractivity contribution < 1.29 is 14.4 Å². The van der Waals surface area contributed by atoms with Gasteiger partial charge in [0.1, 0.15) is 12.6 Å². The number of benzene rings is 1. The van der Waals surface area contributed by atoms with Crippen molar-refractivity contribution in [3.05, 3.63) is 29.8 Å². The molecular formula is C16H21N3O3. The molecule has 22 heavy (non-hydrogen) atoms. The van der Waals surface area contributed by atoms with Gasteiger partial charge in [0.25, 0.3) is 5.91 Å². The van der Waals surface area contributed by atoms with Crippen molar-refractivity contribution >= 4 is 23.5 Å². The minimum absolute atomic E-state index is 0.232. The molecule has 1 unspecified atom stereocenters. The van der Waals surface area contributed by atoms with Crippen LogP contribution in [0.25, 0.3) is 0 Å². The predicted octanol–water partition coefficient (Wildman–Crippen LogP) is 1.68. The maximum absolute atomic E-state index is 12.5. The summed E-state index contributed by atoms with van der Waals surface area (Å²) in [6.45, 7) is 5.86. The van der Waals surface area contributed by atoms with Crippen LogP contribution in [0.5, 0.6) is 0 Å². The van der Waals surface area contributed by atoms with Crippen LogP contribution in [0.3, 0.4) is 0 Å². The van der Waals surface area contributed by atoms with Crippen LogP contribution >= 0.6 is 0 Å². The monoisotopic (exact) mass is 303 g/mol. The third kappa shape index (κ3) is 3.10. The second-order valence-corrected chi connectivity index (χ2v) is 5.44. The Balaban J connectivity index is 2.15. The molecule has 0 aromatic heterocycles. The molecule has 1 atom stereocenters. The summed E-state index contributed by atoms with van der Waals surface area (Å²) in [6.07, 6.45) is 0.805. The summed E-state index contributed by atoms with van der Waals surface area (Å²) >= 11 is 0. The van der Waals surface area contributed by atoms with E-state index >= 15 is 0 Å². The zero-order valence-electron chi connectivity index (χ0n) is 13.1. The third-order valence-corrected chi connectivity index (χ3v) is 3.63. The van der Waals surface area contributed by atoms with Crippen molar-refractivity contribution in [2.24, 2.45) is 0 Å². The van der Waals surface area contributed by atoms with Gasteiger partial charge in [-0.3, -0.25) is 19.4 Å². The molecule has 1 aliphatic heterocycles. The number of hydrogen-bond donors (Lipinski definition) is 1. The Morgan fingerprint density at radius 3 is 2.45 bits per heavy atom. The Kier molecular flexibility index (Phi) is 4.80. The SMILES string of the molecule is CCCNC(=O)CN1C(=O)C(C)N(c2ccc(C)cc2)C1=O. The van der Waals surface area contributed by atoms with E-state index < -0.39 is 12.1 Å². The highest BCUT2D eigenvalue weighted by Gasteiger charge is 2.43. The van der Waals surface area contributed by atoms with Crippen molar-refractivity contribution in [3.8, 4) is 0 Å². The van der Waals surface area contributed by atoms with E-state index in [2.05, 4.69) is 5.32 Å². The topological polar surface area (TPSA) is 69.7 Å². The molecule has 6 nitrogen and oxygen atoms in total. The molecule has 1 aromatic rings. The number of anilines is 1. The molecule has 0 aliphatic carbocycles. The number of carbonyl (C=O) groups is 3. The summed E-state index contributed by atoms with van der Waals surface area (Å²) in [5.41, 5.74) is 1.73. The van der Waals surface area contributed by atoms with Gasteiger partial charge in [-0.1, -0.05) is 24.6 Å². The van der Waals surface area contributed by atoms with Gasteiger partial charge in [0, 0.05) is 12.2 Å². The quantitative estimate of drug-likeness (QED) is 0.841. The van der Waals surface area contributed by atoms with Crippen LogP contribution in [0.4, 0.5) is 10.5 Å². The third-order valence-electron chi connectivity index (χ3n) is 3.63. The van der Waals surface area contributed by atoms with E-state index in [4.69, 9.17) is 0 Å². The summed E-state index contributed by atoms with van der Waals surface area (Å²) in [6, 6.07) is 6.32. The molecule has 1 aliphatic rings. The van der Waals surface area contributed by atoms with Gasteiger partial charge in [0.15, 0.2) is 0 Å². The van der Waals surface area contributed by atoms with Crippen LogP contribution < -0.4 is 10.2 Å². The van der Waals surface area contributed by atoms with Gasteiger partial charge in [-0.25, -0.2) is 4.79 Å². The van der Waals surface area contributed by atoms with Gasteiger partial charge >= 0.3 is 6.03 Å². The van der Waals surface area contributed by atoms with Crippen LogP contribution in [-0.4, -0.2) is 41.9 Å². The lowest BCUT2D eigenvalue weighted by atomic mass is 10.2. The number of aryl methyl sites for hydroxylation is 1. The first-order valence-corrected chi connectivity index (χ1v) is 7.43. The van der Waals surface area contributed by atoms with Crippen molar-refractivity contribution in [1.82, 2.24) is 10.2 Å². The number of hydrogen-bond acceptors (Lipinski definition) is 3. The van der Waals surface area contributed by atoms with Gasteiger partial charge in [0.05, 0.1) is 0 Å². The minimum Gasteiger partial charge on any atom is -0.355 e. The van der Waals surface area contributed by atoms with Crippen LogP contribution in [0.2, 0.25) is 0 Å². The molecular weight excluding hydrogens is 282 g/mol. The number of nitrogens with zero attached hydrogens (tertiary/aromatic N) is 2. The molecule has 1 fully saturated rings. The lowest BCUT2D eigenvalue weighted by Gasteiger charge is -2.19. The van der Waals surface area contributed by atoms with Crippen molar-refractivity contribution in [2.75, 3.05) is 18.0 Å². The summed E-state index contributed by atoms with van der Waals surface area (Å²) in [7, 11) is 0. The lowest BCUT2D eigenvalue weighted by molar-refractivity contribution is -0.131. The molecule has 0 radical (unpaired) electrons. The van der Waals surface area contributed by atoms with E-state index in [1.165, 1.54) is 4.90 Å². The average Bonchev–Trinajstić information content (AvgIpc) is 2.70. The summed E-state index contributed by atoms with van der Waals surface area (Å²) in [5.74, 6) is -0.668. The fraction of sp³-hybridized carbons (Fsp3) is 0.438. The number of carbonyl (C=O) groups excluding carboxylic acids is 3. The molecule has 2 rings (SSSR count). The van der Waals surface area contributed by atoms with Crippen LogP contribution in [0, 0.1) is 6.92 Å². The highest BCUT2D eigenvalue weighted by molar-refractivity contribution is 6.15. The Morgan fingerprint density at radius 2 is 1.86 bits per heavy atom. The number of nitrogens with one attached hydrogen (secondary N) is 1. The normalized spacial score (nSPS) is 18.0. The van der Waals surface area contributed by atoms with Gasteiger partial charge in [-0.05, 0) is 32.4 Å². The average molecular weight is 303 g/mol. The number of imide groups is 1. The molecule has 0 saturated carbocycles. The van der Waals surface area contributed by atoms with E-state index in [-0.39, 0.29) is 18.4 Å². The maximum atomic E-state index is 12.5. The largest absolute Gasteiger partial charge is 0.355 e. The van der Waals surface area contributed by atoms with E-state index in [0.717, 1.165) is 16.9 Å². The summed E-state index contributed by atoms with van der Waals surface area (Å²) in [5, 5.41) is 2.67. The van der Waals surface area contributed by atoms with E-state index in [1.807, 2.05) is 26.0 Å². The second-order valence-electron chi connectivity index (χ2n) is 5.44. The van der Waals surface area contributed by atoms with Gasteiger partial charge in [-0.15, -0.1) is 0 Å². The van der Waals surface area contributed by atoms with Crippen LogP contribution in [0.1, 0.15) is 25.8 Å². The Hall–Kier alpha value is -2.37. The van der Waals surface area contributed by atoms with Crippen LogP contribution in [-0.2, 0) is 9.59 Å². The molecule has 1 N–H and O–H groups in total. The second kappa shape index (κ2) is 6.60. The maximum Gasteiger partial charge on any atom is 0.332 e. The Labute approximate surface area is 130 Å². The Morgan fingerprint density at radius 1 is 1.23 bits per heavy atom. The Bertz CT molecular complexity index is 583. The van der Waals surface area contributed by atoms with Crippen molar-refractivity contribution in [2.45, 2.75) is 33.2 Å². The molecule has 0 bridgehead atoms. The summed E-state index contributed by atoms with van der Waals surface area (Å²) < 4.78 is 0. The number of amides is 4. The standard InChI is InChI=1S/C16H21N3O3/c1-4-9-17-14(20)10-18-15(21)12(3)19(16(18)22)13-7-5-11(2)6-8-13/h5-8,12H,4,9-10H2,1-3H3,(H,17,20). The zero-order chi connectivity index (χ0) is 16.3. The van der Waals surface area contributed by atoms with E-state index in [0.29, 0.717) is 12.2 Å². The molecule has 1 aromatic carbocycles. The first-order chi connectivity index (χ1) is 10.5. The van der Waals surface area contributed by atoms with E-state index in [1.54, 1.807) is 19.1 Å². The zero-order valence-corrected chi connectivity index (χ0v) is 13.1. The number of rotatable bonds is 5. The predicted molar refractivity (Wildman–Crippen MR) is 83.5 cm³/mol. The molecule has 6 heteroatoms. The molecule has 1 heterocycles. The first-order valence-electron chi connectivity index (χ1n) is 7.43. The van der Waals surface area contributed by atoms with E-state index in [9.17, 15) is 14.4 Å². The fourth-order valence-corrected chi connectivity index (χ4v) is 2.37. The van der Waals surface area contributed by atoms with Gasteiger partial charge in [0.2, 0.25) is 5.91 Å². The molecule has 118 valence electrons. The highest BCUT2D eigenvalue weighted by Crippen LogP contribution is 2.25. The molecule has 4 amide bonds. The summed E-state index contributed by atoms with van der Waals surface area (Å²) in [4.78, 5) is 38.9. The van der Waals surface area contributed by atoms with Crippen LogP contribution in [0.15, 0.2) is 24.3 Å². The van der Waals surface area contributed by atoms with Gasteiger partial charge in [-0.2, -0.15) is 0 Å². The highest BCUT2D eigenvalue weighted by atomic mass is 16.2. The molecule has 1 saturated heterocycles. The number of urea groups is 1. The molecule has 0 spiro atoms. The van der Waals surface area contributed by atoms with Gasteiger partial charge < -0.3 is 5.32 Å². The fourth-order valence-electron chi connectivity index (χ4n) is 2.37. The minimum atomic E-state index is -0.603. The van der Waals surface area contributed by atoms with Crippen molar-refractivity contribution in [1.29, 1.82) is 0 Å².